The van der Waals surface area contributed by atoms with Gasteiger partial charge in [0.15, 0.2) is 5.69 Å². The van der Waals surface area contributed by atoms with E-state index in [1.165, 1.54) is 0 Å². The van der Waals surface area contributed by atoms with E-state index in [2.05, 4.69) is 15.6 Å². The Morgan fingerprint density at radius 2 is 1.72 bits per heavy atom. The van der Waals surface area contributed by atoms with Crippen molar-refractivity contribution in [2.24, 2.45) is 0 Å². The van der Waals surface area contributed by atoms with E-state index in [9.17, 15) is 9.59 Å². The standard InChI is InChI=1S/C22H23N5O2/c1-16(18-10-6-3-7-11-18)22(29)26-13-19(14-26)27-15-20(24-25-27)21(28)23-12-17-8-4-2-5-9-17/h2-11,15-16,19H,12-14H2,1H3,(H,23,28). The Morgan fingerprint density at radius 3 is 2.41 bits per heavy atom. The lowest BCUT2D eigenvalue weighted by Gasteiger charge is -2.40. The lowest BCUT2D eigenvalue weighted by molar-refractivity contribution is -0.138. The molecule has 7 nitrogen and oxygen atoms in total. The van der Waals surface area contributed by atoms with Gasteiger partial charge >= 0.3 is 0 Å². The van der Waals surface area contributed by atoms with Crippen LogP contribution in [-0.4, -0.2) is 44.8 Å². The highest BCUT2D eigenvalue weighted by Crippen LogP contribution is 2.26. The van der Waals surface area contributed by atoms with Gasteiger partial charge in [-0.15, -0.1) is 5.10 Å². The van der Waals surface area contributed by atoms with E-state index in [1.54, 1.807) is 10.9 Å². The molecule has 29 heavy (non-hydrogen) atoms. The average molecular weight is 389 g/mol. The van der Waals surface area contributed by atoms with Crippen LogP contribution in [0.4, 0.5) is 0 Å². The van der Waals surface area contributed by atoms with E-state index in [0.29, 0.717) is 19.6 Å². The lowest BCUT2D eigenvalue weighted by Crippen LogP contribution is -2.52. The number of benzene rings is 2. The van der Waals surface area contributed by atoms with Gasteiger partial charge in [-0.25, -0.2) is 4.68 Å². The minimum atomic E-state index is -0.259. The van der Waals surface area contributed by atoms with Crippen LogP contribution in [0.1, 0.15) is 40.5 Å². The minimum absolute atomic E-state index is 0.0464. The third-order valence-electron chi connectivity index (χ3n) is 5.26. The van der Waals surface area contributed by atoms with Crippen molar-refractivity contribution >= 4 is 11.8 Å². The van der Waals surface area contributed by atoms with Crippen LogP contribution in [0, 0.1) is 0 Å². The molecule has 3 aromatic rings. The molecule has 2 amide bonds. The first-order chi connectivity index (χ1) is 14.1. The molecule has 0 spiro atoms. The number of aromatic nitrogens is 3. The monoisotopic (exact) mass is 389 g/mol. The summed E-state index contributed by atoms with van der Waals surface area (Å²) in [4.78, 5) is 26.8. The second-order valence-electron chi connectivity index (χ2n) is 7.28. The zero-order chi connectivity index (χ0) is 20.2. The second kappa shape index (κ2) is 8.26. The Hall–Kier alpha value is -3.48. The fourth-order valence-corrected chi connectivity index (χ4v) is 3.39. The molecule has 1 saturated heterocycles. The topological polar surface area (TPSA) is 80.1 Å². The highest BCUT2D eigenvalue weighted by Gasteiger charge is 2.35. The maximum Gasteiger partial charge on any atom is 0.273 e. The molecule has 1 atom stereocenters. The second-order valence-corrected chi connectivity index (χ2v) is 7.28. The van der Waals surface area contributed by atoms with E-state index in [0.717, 1.165) is 11.1 Å². The van der Waals surface area contributed by atoms with Gasteiger partial charge in [-0.3, -0.25) is 9.59 Å². The molecule has 7 heteroatoms. The Kier molecular flexibility index (Phi) is 5.37. The van der Waals surface area contributed by atoms with Crippen LogP contribution < -0.4 is 5.32 Å². The van der Waals surface area contributed by atoms with Crippen molar-refractivity contribution in [3.8, 4) is 0 Å². The Labute approximate surface area is 169 Å². The number of carbonyl (C=O) groups is 2. The maximum absolute atomic E-state index is 12.7. The van der Waals surface area contributed by atoms with Gasteiger partial charge < -0.3 is 10.2 Å². The number of nitrogens with zero attached hydrogens (tertiary/aromatic N) is 4. The first kappa shape index (κ1) is 18.9. The molecule has 1 aliphatic heterocycles. The van der Waals surface area contributed by atoms with Crippen LogP contribution in [0.5, 0.6) is 0 Å². The smallest absolute Gasteiger partial charge is 0.273 e. The molecule has 1 N–H and O–H groups in total. The molecule has 0 aliphatic carbocycles. The summed E-state index contributed by atoms with van der Waals surface area (Å²) >= 11 is 0. The normalized spacial score (nSPS) is 14.9. The molecule has 0 saturated carbocycles. The van der Waals surface area contributed by atoms with Crippen molar-refractivity contribution in [2.45, 2.75) is 25.4 Å². The molecule has 1 aromatic heterocycles. The molecule has 1 unspecified atom stereocenters. The van der Waals surface area contributed by atoms with Crippen molar-refractivity contribution in [3.05, 3.63) is 83.7 Å². The molecule has 2 aromatic carbocycles. The fraction of sp³-hybridized carbons (Fsp3) is 0.273. The van der Waals surface area contributed by atoms with E-state index in [4.69, 9.17) is 0 Å². The SMILES string of the molecule is CC(C(=O)N1CC(n2cc(C(=O)NCc3ccccc3)nn2)C1)c1ccccc1. The molecular weight excluding hydrogens is 366 g/mol. The van der Waals surface area contributed by atoms with Gasteiger partial charge in [0.1, 0.15) is 0 Å². The fourth-order valence-electron chi connectivity index (χ4n) is 3.39. The van der Waals surface area contributed by atoms with Gasteiger partial charge in [-0.2, -0.15) is 0 Å². The summed E-state index contributed by atoms with van der Waals surface area (Å²) in [7, 11) is 0. The predicted molar refractivity (Wildman–Crippen MR) is 108 cm³/mol. The van der Waals surface area contributed by atoms with Crippen molar-refractivity contribution in [1.82, 2.24) is 25.2 Å². The Morgan fingerprint density at radius 1 is 1.07 bits per heavy atom. The van der Waals surface area contributed by atoms with Crippen molar-refractivity contribution in [3.63, 3.8) is 0 Å². The van der Waals surface area contributed by atoms with Crippen LogP contribution in [-0.2, 0) is 11.3 Å². The molecule has 4 rings (SSSR count). The van der Waals surface area contributed by atoms with Crippen molar-refractivity contribution in [1.29, 1.82) is 0 Å². The molecule has 0 radical (unpaired) electrons. The minimum Gasteiger partial charge on any atom is -0.347 e. The van der Waals surface area contributed by atoms with Crippen molar-refractivity contribution < 1.29 is 9.59 Å². The largest absolute Gasteiger partial charge is 0.347 e. The zero-order valence-corrected chi connectivity index (χ0v) is 16.2. The third kappa shape index (κ3) is 4.18. The van der Waals surface area contributed by atoms with Gasteiger partial charge in [0.05, 0.1) is 18.2 Å². The van der Waals surface area contributed by atoms with E-state index >= 15 is 0 Å². The number of amides is 2. The number of carbonyl (C=O) groups excluding carboxylic acids is 2. The van der Waals surface area contributed by atoms with Crippen LogP contribution in [0.25, 0.3) is 0 Å². The summed E-state index contributed by atoms with van der Waals surface area (Å²) in [6.45, 7) is 3.51. The van der Waals surface area contributed by atoms with Gasteiger partial charge in [0.25, 0.3) is 5.91 Å². The number of hydrogen-bond acceptors (Lipinski definition) is 4. The quantitative estimate of drug-likeness (QED) is 0.702. The summed E-state index contributed by atoms with van der Waals surface area (Å²) in [5.74, 6) is -0.328. The molecule has 148 valence electrons. The summed E-state index contributed by atoms with van der Waals surface area (Å²) in [6, 6.07) is 19.5. The van der Waals surface area contributed by atoms with E-state index in [-0.39, 0.29) is 29.5 Å². The summed E-state index contributed by atoms with van der Waals surface area (Å²) in [5.41, 5.74) is 2.32. The summed E-state index contributed by atoms with van der Waals surface area (Å²) in [5, 5.41) is 10.9. The predicted octanol–water partition coefficient (Wildman–Crippen LogP) is 2.40. The molecule has 1 fully saturated rings. The highest BCUT2D eigenvalue weighted by atomic mass is 16.2. The van der Waals surface area contributed by atoms with Gasteiger partial charge in [0, 0.05) is 19.6 Å². The van der Waals surface area contributed by atoms with Gasteiger partial charge in [-0.1, -0.05) is 65.9 Å². The average Bonchev–Trinajstić information content (AvgIpc) is 3.21. The zero-order valence-electron chi connectivity index (χ0n) is 16.2. The maximum atomic E-state index is 12.7. The van der Waals surface area contributed by atoms with Crippen LogP contribution in [0.15, 0.2) is 66.9 Å². The molecule has 2 heterocycles. The number of rotatable bonds is 6. The summed E-state index contributed by atoms with van der Waals surface area (Å²) < 4.78 is 1.67. The van der Waals surface area contributed by atoms with Gasteiger partial charge in [0.2, 0.25) is 5.91 Å². The highest BCUT2D eigenvalue weighted by molar-refractivity contribution is 5.91. The van der Waals surface area contributed by atoms with Crippen LogP contribution >= 0.6 is 0 Å². The van der Waals surface area contributed by atoms with E-state index < -0.39 is 0 Å². The van der Waals surface area contributed by atoms with Crippen LogP contribution in [0.3, 0.4) is 0 Å². The lowest BCUT2D eigenvalue weighted by atomic mass is 9.97. The van der Waals surface area contributed by atoms with Crippen molar-refractivity contribution in [2.75, 3.05) is 13.1 Å². The van der Waals surface area contributed by atoms with E-state index in [1.807, 2.05) is 72.5 Å². The van der Waals surface area contributed by atoms with Gasteiger partial charge in [-0.05, 0) is 18.1 Å². The Bertz CT molecular complexity index is 981. The molecule has 0 bridgehead atoms. The number of hydrogen-bond donors (Lipinski definition) is 1. The number of nitrogens with one attached hydrogen (secondary N) is 1. The molecular formula is C22H23N5O2. The number of likely N-dealkylation sites (tertiary alicyclic amines) is 1. The first-order valence-electron chi connectivity index (χ1n) is 9.69. The molecule has 1 aliphatic rings. The third-order valence-corrected chi connectivity index (χ3v) is 5.26. The Balaban J connectivity index is 1.30. The first-order valence-corrected chi connectivity index (χ1v) is 9.69. The van der Waals surface area contributed by atoms with Crippen LogP contribution in [0.2, 0.25) is 0 Å². The summed E-state index contributed by atoms with van der Waals surface area (Å²) in [6.07, 6.45) is 1.65.